The summed E-state index contributed by atoms with van der Waals surface area (Å²) < 4.78 is 10.1. The van der Waals surface area contributed by atoms with E-state index in [4.69, 9.17) is 9.47 Å². The van der Waals surface area contributed by atoms with Crippen molar-refractivity contribution in [2.75, 3.05) is 13.7 Å². The molecule has 2 rings (SSSR count). The van der Waals surface area contributed by atoms with Crippen LogP contribution in [0.3, 0.4) is 0 Å². The fourth-order valence-electron chi connectivity index (χ4n) is 2.26. The second-order valence-electron chi connectivity index (χ2n) is 5.73. The van der Waals surface area contributed by atoms with Crippen molar-refractivity contribution in [2.24, 2.45) is 0 Å². The molecule has 2 aromatic carbocycles. The van der Waals surface area contributed by atoms with Crippen LogP contribution in [0.25, 0.3) is 0 Å². The van der Waals surface area contributed by atoms with Crippen molar-refractivity contribution in [3.63, 3.8) is 0 Å². The van der Waals surface area contributed by atoms with Crippen LogP contribution in [0, 0.1) is 0 Å². The molecule has 0 bridgehead atoms. The number of esters is 1. The van der Waals surface area contributed by atoms with Crippen LogP contribution in [-0.4, -0.2) is 37.7 Å². The molecule has 0 aliphatic carbocycles. The van der Waals surface area contributed by atoms with Gasteiger partial charge in [-0.05, 0) is 11.1 Å². The average molecular weight is 370 g/mol. The van der Waals surface area contributed by atoms with Gasteiger partial charge in [-0.1, -0.05) is 60.7 Å². The van der Waals surface area contributed by atoms with Gasteiger partial charge in [-0.2, -0.15) is 0 Å². The van der Waals surface area contributed by atoms with Crippen LogP contribution in [0.1, 0.15) is 11.1 Å². The molecular weight excluding hydrogens is 348 g/mol. The number of hydrogen-bond acceptors (Lipinski definition) is 5. The van der Waals surface area contributed by atoms with Crippen molar-refractivity contribution < 1.29 is 23.9 Å². The van der Waals surface area contributed by atoms with Gasteiger partial charge in [-0.15, -0.1) is 0 Å². The van der Waals surface area contributed by atoms with E-state index >= 15 is 0 Å². The molecule has 7 nitrogen and oxygen atoms in total. The Hall–Kier alpha value is -3.35. The van der Waals surface area contributed by atoms with Gasteiger partial charge in [0.25, 0.3) is 5.91 Å². The molecule has 1 unspecified atom stereocenters. The van der Waals surface area contributed by atoms with Crippen LogP contribution in [0.15, 0.2) is 60.7 Å². The second-order valence-corrected chi connectivity index (χ2v) is 5.73. The number of likely N-dealkylation sites (N-methyl/N-ethyl adjacent to an activating group) is 1. The van der Waals surface area contributed by atoms with Crippen LogP contribution in [0.5, 0.6) is 0 Å². The summed E-state index contributed by atoms with van der Waals surface area (Å²) in [5, 5.41) is 4.87. The third kappa shape index (κ3) is 7.19. The minimum Gasteiger partial charge on any atom is -0.454 e. The first-order valence-electron chi connectivity index (χ1n) is 8.47. The normalized spacial score (nSPS) is 11.1. The molecular formula is C20H22N2O5. The number of hydrogen-bond donors (Lipinski definition) is 2. The van der Waals surface area contributed by atoms with E-state index in [0.29, 0.717) is 0 Å². The van der Waals surface area contributed by atoms with Gasteiger partial charge < -0.3 is 20.1 Å². The Bertz CT molecular complexity index is 749. The number of benzene rings is 2. The van der Waals surface area contributed by atoms with E-state index in [-0.39, 0.29) is 13.0 Å². The van der Waals surface area contributed by atoms with Gasteiger partial charge in [0.2, 0.25) is 0 Å². The van der Waals surface area contributed by atoms with Gasteiger partial charge in [-0.25, -0.2) is 9.59 Å². The largest absolute Gasteiger partial charge is 0.454 e. The first-order chi connectivity index (χ1) is 13.1. The van der Waals surface area contributed by atoms with E-state index in [1.807, 2.05) is 60.7 Å². The Morgan fingerprint density at radius 3 is 2.07 bits per heavy atom. The lowest BCUT2D eigenvalue weighted by atomic mass is 10.1. The Balaban J connectivity index is 1.96. The molecule has 27 heavy (non-hydrogen) atoms. The number of nitrogens with one attached hydrogen (secondary N) is 2. The van der Waals surface area contributed by atoms with Gasteiger partial charge in [-0.3, -0.25) is 4.79 Å². The van der Waals surface area contributed by atoms with E-state index in [2.05, 4.69) is 10.6 Å². The van der Waals surface area contributed by atoms with Crippen molar-refractivity contribution >= 4 is 18.0 Å². The maximum absolute atomic E-state index is 12.3. The summed E-state index contributed by atoms with van der Waals surface area (Å²) in [6, 6.07) is 17.4. The molecule has 0 radical (unpaired) electrons. The van der Waals surface area contributed by atoms with Gasteiger partial charge in [0, 0.05) is 13.5 Å². The highest BCUT2D eigenvalue weighted by molar-refractivity contribution is 5.84. The zero-order chi connectivity index (χ0) is 19.5. The zero-order valence-electron chi connectivity index (χ0n) is 15.0. The van der Waals surface area contributed by atoms with Gasteiger partial charge in [0.05, 0.1) is 0 Å². The first-order valence-corrected chi connectivity index (χ1v) is 8.47. The third-order valence-electron chi connectivity index (χ3n) is 3.70. The van der Waals surface area contributed by atoms with Gasteiger partial charge in [0.15, 0.2) is 6.61 Å². The molecule has 0 aliphatic heterocycles. The standard InChI is InChI=1S/C20H22N2O5/c1-21-18(23)14-26-19(24)17(12-15-8-4-2-5-9-15)22-20(25)27-13-16-10-6-3-7-11-16/h2-11,17H,12-14H2,1H3,(H,21,23)(H,22,25). The molecule has 0 aliphatic rings. The minimum atomic E-state index is -0.972. The van der Waals surface area contributed by atoms with Crippen LogP contribution in [-0.2, 0) is 32.1 Å². The van der Waals surface area contributed by atoms with Crippen molar-refractivity contribution in [2.45, 2.75) is 19.1 Å². The molecule has 0 fully saturated rings. The highest BCUT2D eigenvalue weighted by atomic mass is 16.6. The summed E-state index contributed by atoms with van der Waals surface area (Å²) in [6.07, 6.45) is -0.523. The molecule has 0 aromatic heterocycles. The third-order valence-corrected chi connectivity index (χ3v) is 3.70. The maximum Gasteiger partial charge on any atom is 0.408 e. The second kappa shape index (κ2) is 10.6. The van der Waals surface area contributed by atoms with Crippen molar-refractivity contribution in [3.8, 4) is 0 Å². The lowest BCUT2D eigenvalue weighted by Crippen LogP contribution is -2.44. The Labute approximate surface area is 157 Å². The number of alkyl carbamates (subject to hydrolysis) is 1. The molecule has 7 heteroatoms. The van der Waals surface area contributed by atoms with E-state index in [9.17, 15) is 14.4 Å². The predicted molar refractivity (Wildman–Crippen MR) is 98.7 cm³/mol. The smallest absolute Gasteiger partial charge is 0.408 e. The highest BCUT2D eigenvalue weighted by Crippen LogP contribution is 2.06. The monoisotopic (exact) mass is 370 g/mol. The first kappa shape index (κ1) is 20.0. The van der Waals surface area contributed by atoms with Crippen LogP contribution in [0.2, 0.25) is 0 Å². The molecule has 0 saturated heterocycles. The fraction of sp³-hybridized carbons (Fsp3) is 0.250. The molecule has 2 amide bonds. The molecule has 2 aromatic rings. The number of ether oxygens (including phenoxy) is 2. The summed E-state index contributed by atoms with van der Waals surface area (Å²) in [4.78, 5) is 35.7. The summed E-state index contributed by atoms with van der Waals surface area (Å²) in [6.45, 7) is -0.334. The molecule has 0 saturated carbocycles. The number of carbonyl (C=O) groups is 3. The van der Waals surface area contributed by atoms with Crippen LogP contribution in [0.4, 0.5) is 4.79 Å². The number of carbonyl (C=O) groups excluding carboxylic acids is 3. The van der Waals surface area contributed by atoms with Crippen molar-refractivity contribution in [3.05, 3.63) is 71.8 Å². The van der Waals surface area contributed by atoms with E-state index in [0.717, 1.165) is 11.1 Å². The van der Waals surface area contributed by atoms with Crippen molar-refractivity contribution in [1.82, 2.24) is 10.6 Å². The highest BCUT2D eigenvalue weighted by Gasteiger charge is 2.24. The zero-order valence-corrected chi connectivity index (χ0v) is 15.0. The maximum atomic E-state index is 12.3. The molecule has 1 atom stereocenters. The van der Waals surface area contributed by atoms with E-state index < -0.39 is 30.6 Å². The molecule has 142 valence electrons. The molecule has 0 heterocycles. The van der Waals surface area contributed by atoms with E-state index in [1.165, 1.54) is 7.05 Å². The summed E-state index contributed by atoms with van der Waals surface area (Å²) in [5.41, 5.74) is 1.66. The lowest BCUT2D eigenvalue weighted by molar-refractivity contribution is -0.150. The van der Waals surface area contributed by atoms with Gasteiger partial charge in [0.1, 0.15) is 12.6 Å². The van der Waals surface area contributed by atoms with Crippen LogP contribution < -0.4 is 10.6 Å². The fourth-order valence-corrected chi connectivity index (χ4v) is 2.26. The minimum absolute atomic E-state index is 0.0814. The topological polar surface area (TPSA) is 93.7 Å². The Morgan fingerprint density at radius 1 is 0.889 bits per heavy atom. The predicted octanol–water partition coefficient (Wildman–Crippen LogP) is 1.81. The average Bonchev–Trinajstić information content (AvgIpc) is 2.71. The van der Waals surface area contributed by atoms with Crippen LogP contribution >= 0.6 is 0 Å². The SMILES string of the molecule is CNC(=O)COC(=O)C(Cc1ccccc1)NC(=O)OCc1ccccc1. The Kier molecular flexibility index (Phi) is 7.84. The summed E-state index contributed by atoms with van der Waals surface area (Å²) in [7, 11) is 1.44. The Morgan fingerprint density at radius 2 is 1.48 bits per heavy atom. The van der Waals surface area contributed by atoms with Crippen molar-refractivity contribution in [1.29, 1.82) is 0 Å². The number of rotatable bonds is 8. The summed E-state index contributed by atoms with van der Waals surface area (Å²) in [5.74, 6) is -1.15. The molecule has 0 spiro atoms. The summed E-state index contributed by atoms with van der Waals surface area (Å²) >= 11 is 0. The molecule has 2 N–H and O–H groups in total. The quantitative estimate of drug-likeness (QED) is 0.691. The lowest BCUT2D eigenvalue weighted by Gasteiger charge is -2.17. The van der Waals surface area contributed by atoms with Gasteiger partial charge >= 0.3 is 12.1 Å². The van der Waals surface area contributed by atoms with E-state index in [1.54, 1.807) is 0 Å². The number of amides is 2.